The minimum absolute atomic E-state index is 0.465. The van der Waals surface area contributed by atoms with Crippen LogP contribution >= 0.6 is 11.8 Å². The molecular weight excluding hydrogens is 246 g/mol. The van der Waals surface area contributed by atoms with E-state index in [1.165, 1.54) is 35.3 Å². The van der Waals surface area contributed by atoms with Crippen LogP contribution in [-0.2, 0) is 17.6 Å². The van der Waals surface area contributed by atoms with E-state index in [1.807, 2.05) is 6.92 Å². The van der Waals surface area contributed by atoms with Crippen molar-refractivity contribution in [2.24, 2.45) is 0 Å². The van der Waals surface area contributed by atoms with Crippen LogP contribution in [0.1, 0.15) is 24.5 Å². The number of rotatable bonds is 6. The second kappa shape index (κ2) is 6.25. The molecule has 0 heterocycles. The minimum Gasteiger partial charge on any atom is -0.480 e. The average Bonchev–Trinajstić information content (AvgIpc) is 2.81. The Morgan fingerprint density at radius 1 is 1.44 bits per heavy atom. The first-order valence-electron chi connectivity index (χ1n) is 6.41. The summed E-state index contributed by atoms with van der Waals surface area (Å²) in [6.45, 7) is 2.61. The van der Waals surface area contributed by atoms with Gasteiger partial charge in [-0.05, 0) is 49.1 Å². The van der Waals surface area contributed by atoms with Crippen LogP contribution in [0.2, 0.25) is 0 Å². The highest BCUT2D eigenvalue weighted by Crippen LogP contribution is 2.27. The molecule has 98 valence electrons. The van der Waals surface area contributed by atoms with E-state index in [0.717, 1.165) is 0 Å². The lowest BCUT2D eigenvalue weighted by Crippen LogP contribution is -2.38. The van der Waals surface area contributed by atoms with Crippen molar-refractivity contribution in [2.75, 3.05) is 12.3 Å². The molecule has 0 aliphatic heterocycles. The SMILES string of the molecule is CCNC(CSc1ccc2c(c1)CCC2)C(=O)O. The van der Waals surface area contributed by atoms with E-state index in [-0.39, 0.29) is 0 Å². The van der Waals surface area contributed by atoms with Gasteiger partial charge < -0.3 is 10.4 Å². The fourth-order valence-corrected chi connectivity index (χ4v) is 3.29. The van der Waals surface area contributed by atoms with Crippen molar-refractivity contribution in [3.63, 3.8) is 0 Å². The zero-order chi connectivity index (χ0) is 13.0. The quantitative estimate of drug-likeness (QED) is 0.775. The number of fused-ring (bicyclic) bond motifs is 1. The van der Waals surface area contributed by atoms with Crippen LogP contribution in [0.3, 0.4) is 0 Å². The van der Waals surface area contributed by atoms with Crippen molar-refractivity contribution in [3.05, 3.63) is 29.3 Å². The molecule has 1 atom stereocenters. The van der Waals surface area contributed by atoms with Gasteiger partial charge in [0.15, 0.2) is 0 Å². The fourth-order valence-electron chi connectivity index (χ4n) is 2.28. The van der Waals surface area contributed by atoms with E-state index in [1.54, 1.807) is 11.8 Å². The lowest BCUT2D eigenvalue weighted by atomic mass is 10.1. The first-order chi connectivity index (χ1) is 8.70. The molecule has 1 aliphatic carbocycles. The highest BCUT2D eigenvalue weighted by Gasteiger charge is 2.17. The predicted molar refractivity (Wildman–Crippen MR) is 74.3 cm³/mol. The van der Waals surface area contributed by atoms with Gasteiger partial charge in [0.05, 0.1) is 0 Å². The number of aliphatic carboxylic acids is 1. The van der Waals surface area contributed by atoms with Gasteiger partial charge in [-0.3, -0.25) is 4.79 Å². The number of likely N-dealkylation sites (N-methyl/N-ethyl adjacent to an activating group) is 1. The first-order valence-corrected chi connectivity index (χ1v) is 7.40. The van der Waals surface area contributed by atoms with Gasteiger partial charge in [-0.1, -0.05) is 13.0 Å². The number of nitrogens with one attached hydrogen (secondary N) is 1. The zero-order valence-corrected chi connectivity index (χ0v) is 11.4. The lowest BCUT2D eigenvalue weighted by molar-refractivity contribution is -0.138. The van der Waals surface area contributed by atoms with Crippen LogP contribution in [-0.4, -0.2) is 29.4 Å². The van der Waals surface area contributed by atoms with Crippen LogP contribution in [0.15, 0.2) is 23.1 Å². The van der Waals surface area contributed by atoms with Gasteiger partial charge in [0, 0.05) is 10.6 Å². The summed E-state index contributed by atoms with van der Waals surface area (Å²) in [4.78, 5) is 12.2. The van der Waals surface area contributed by atoms with Crippen LogP contribution in [0.4, 0.5) is 0 Å². The Balaban J connectivity index is 1.95. The molecule has 0 aromatic heterocycles. The Morgan fingerprint density at radius 2 is 2.22 bits per heavy atom. The monoisotopic (exact) mass is 265 g/mol. The molecule has 0 saturated heterocycles. The van der Waals surface area contributed by atoms with E-state index < -0.39 is 12.0 Å². The highest BCUT2D eigenvalue weighted by molar-refractivity contribution is 7.99. The Labute approximate surface area is 112 Å². The molecule has 0 spiro atoms. The molecule has 0 bridgehead atoms. The Bertz CT molecular complexity index is 434. The average molecular weight is 265 g/mol. The lowest BCUT2D eigenvalue weighted by Gasteiger charge is -2.12. The van der Waals surface area contributed by atoms with Gasteiger partial charge >= 0.3 is 5.97 Å². The molecule has 0 fully saturated rings. The Hall–Kier alpha value is -1.00. The summed E-state index contributed by atoms with van der Waals surface area (Å²) >= 11 is 1.62. The molecule has 0 amide bonds. The van der Waals surface area contributed by atoms with E-state index in [4.69, 9.17) is 5.11 Å². The second-order valence-corrected chi connectivity index (χ2v) is 5.64. The van der Waals surface area contributed by atoms with Gasteiger partial charge in [0.25, 0.3) is 0 Å². The largest absolute Gasteiger partial charge is 0.480 e. The second-order valence-electron chi connectivity index (χ2n) is 4.54. The third kappa shape index (κ3) is 3.27. The molecule has 0 radical (unpaired) electrons. The molecule has 1 unspecified atom stereocenters. The van der Waals surface area contributed by atoms with E-state index in [2.05, 4.69) is 23.5 Å². The normalized spacial score (nSPS) is 15.4. The molecule has 2 rings (SSSR count). The van der Waals surface area contributed by atoms with Crippen molar-refractivity contribution >= 4 is 17.7 Å². The number of carboxylic acids is 1. The third-order valence-corrected chi connectivity index (χ3v) is 4.32. The maximum absolute atomic E-state index is 11.0. The van der Waals surface area contributed by atoms with Gasteiger partial charge in [-0.2, -0.15) is 0 Å². The molecule has 3 nitrogen and oxygen atoms in total. The van der Waals surface area contributed by atoms with Crippen LogP contribution < -0.4 is 5.32 Å². The summed E-state index contributed by atoms with van der Waals surface area (Å²) in [6, 6.07) is 6.05. The van der Waals surface area contributed by atoms with Gasteiger partial charge in [-0.15, -0.1) is 11.8 Å². The predicted octanol–water partition coefficient (Wildman–Crippen LogP) is 2.33. The fraction of sp³-hybridized carbons (Fsp3) is 0.500. The summed E-state index contributed by atoms with van der Waals surface area (Å²) in [5.41, 5.74) is 2.90. The highest BCUT2D eigenvalue weighted by atomic mass is 32.2. The molecular formula is C14H19NO2S. The van der Waals surface area contributed by atoms with E-state index in [0.29, 0.717) is 12.3 Å². The summed E-state index contributed by atoms with van der Waals surface area (Å²) in [6.07, 6.45) is 3.60. The number of hydrogen-bond acceptors (Lipinski definition) is 3. The summed E-state index contributed by atoms with van der Waals surface area (Å²) in [5.74, 6) is -0.201. The molecule has 1 aliphatic rings. The Morgan fingerprint density at radius 3 is 2.94 bits per heavy atom. The maximum atomic E-state index is 11.0. The van der Waals surface area contributed by atoms with Crippen LogP contribution in [0.5, 0.6) is 0 Å². The molecule has 1 aromatic rings. The topological polar surface area (TPSA) is 49.3 Å². The van der Waals surface area contributed by atoms with E-state index >= 15 is 0 Å². The number of benzene rings is 1. The summed E-state index contributed by atoms with van der Waals surface area (Å²) < 4.78 is 0. The smallest absolute Gasteiger partial charge is 0.321 e. The number of carbonyl (C=O) groups is 1. The number of aryl methyl sites for hydroxylation is 2. The van der Waals surface area contributed by atoms with Crippen molar-refractivity contribution in [1.29, 1.82) is 0 Å². The van der Waals surface area contributed by atoms with Crippen molar-refractivity contribution in [3.8, 4) is 0 Å². The van der Waals surface area contributed by atoms with Crippen molar-refractivity contribution in [2.45, 2.75) is 37.1 Å². The molecule has 2 N–H and O–H groups in total. The van der Waals surface area contributed by atoms with Gasteiger partial charge in [-0.25, -0.2) is 0 Å². The summed E-state index contributed by atoms with van der Waals surface area (Å²) in [7, 11) is 0. The molecule has 1 aromatic carbocycles. The zero-order valence-electron chi connectivity index (χ0n) is 10.6. The molecule has 18 heavy (non-hydrogen) atoms. The number of carboxylic acid groups (broad SMARTS) is 1. The van der Waals surface area contributed by atoms with Gasteiger partial charge in [0.2, 0.25) is 0 Å². The standard InChI is InChI=1S/C14H19NO2S/c1-2-15-13(14(16)17)9-18-12-7-6-10-4-3-5-11(10)8-12/h6-8,13,15H,2-5,9H2,1H3,(H,16,17). The van der Waals surface area contributed by atoms with Crippen molar-refractivity contribution < 1.29 is 9.90 Å². The number of hydrogen-bond donors (Lipinski definition) is 2. The van der Waals surface area contributed by atoms with Gasteiger partial charge in [0.1, 0.15) is 6.04 Å². The third-order valence-electron chi connectivity index (χ3n) is 3.24. The maximum Gasteiger partial charge on any atom is 0.321 e. The van der Waals surface area contributed by atoms with Crippen LogP contribution in [0, 0.1) is 0 Å². The Kier molecular flexibility index (Phi) is 4.66. The van der Waals surface area contributed by atoms with E-state index in [9.17, 15) is 4.79 Å². The van der Waals surface area contributed by atoms with Crippen molar-refractivity contribution in [1.82, 2.24) is 5.32 Å². The molecule has 0 saturated carbocycles. The minimum atomic E-state index is -0.773. The summed E-state index contributed by atoms with van der Waals surface area (Å²) in [5, 5.41) is 12.0. The van der Waals surface area contributed by atoms with Crippen LogP contribution in [0.25, 0.3) is 0 Å². The molecule has 4 heteroatoms. The number of thioether (sulfide) groups is 1. The first kappa shape index (κ1) is 13.4.